The molecule has 1 amide bonds. The van der Waals surface area contributed by atoms with Crippen molar-refractivity contribution in [1.82, 2.24) is 20.1 Å². The topological polar surface area (TPSA) is 80.0 Å². The number of nitrogens with one attached hydrogen (secondary N) is 1. The van der Waals surface area contributed by atoms with Crippen molar-refractivity contribution in [3.05, 3.63) is 66.6 Å². The van der Waals surface area contributed by atoms with Crippen molar-refractivity contribution in [2.45, 2.75) is 6.54 Å². The lowest BCUT2D eigenvalue weighted by molar-refractivity contribution is -0.123. The number of amides is 1. The molecule has 0 saturated carbocycles. The maximum atomic E-state index is 11.3. The van der Waals surface area contributed by atoms with E-state index < -0.39 is 12.5 Å². The molecule has 2 heterocycles. The van der Waals surface area contributed by atoms with Gasteiger partial charge in [0.1, 0.15) is 6.61 Å². The van der Waals surface area contributed by atoms with Crippen molar-refractivity contribution in [3.8, 4) is 16.9 Å². The molecule has 6 nitrogen and oxygen atoms in total. The van der Waals surface area contributed by atoms with Crippen molar-refractivity contribution < 1.29 is 9.90 Å². The Hall–Kier alpha value is -2.99. The Bertz CT molecular complexity index is 785. The maximum absolute atomic E-state index is 11.3. The van der Waals surface area contributed by atoms with Gasteiger partial charge in [-0.1, -0.05) is 18.2 Å². The summed E-state index contributed by atoms with van der Waals surface area (Å²) in [6, 6.07) is 13.5. The van der Waals surface area contributed by atoms with Gasteiger partial charge in [0, 0.05) is 36.3 Å². The fourth-order valence-electron chi connectivity index (χ4n) is 2.25. The zero-order chi connectivity index (χ0) is 16.1. The van der Waals surface area contributed by atoms with E-state index in [-0.39, 0.29) is 0 Å². The first-order chi connectivity index (χ1) is 11.3. The number of carbonyl (C=O) groups is 1. The first-order valence-corrected chi connectivity index (χ1v) is 7.20. The second-order valence-electron chi connectivity index (χ2n) is 4.95. The Kier molecular flexibility index (Phi) is 4.44. The van der Waals surface area contributed by atoms with Crippen molar-refractivity contribution in [3.63, 3.8) is 0 Å². The molecule has 0 saturated heterocycles. The van der Waals surface area contributed by atoms with Gasteiger partial charge in [0.15, 0.2) is 0 Å². The monoisotopic (exact) mass is 308 g/mol. The van der Waals surface area contributed by atoms with Gasteiger partial charge in [-0.2, -0.15) is 5.10 Å². The molecule has 0 spiro atoms. The van der Waals surface area contributed by atoms with Crippen LogP contribution in [0.15, 0.2) is 61.1 Å². The van der Waals surface area contributed by atoms with Gasteiger partial charge in [0.05, 0.1) is 11.4 Å². The smallest absolute Gasteiger partial charge is 0.245 e. The molecule has 0 bridgehead atoms. The zero-order valence-electron chi connectivity index (χ0n) is 12.4. The van der Waals surface area contributed by atoms with E-state index in [9.17, 15) is 4.79 Å². The summed E-state index contributed by atoms with van der Waals surface area (Å²) in [5.74, 6) is -0.418. The van der Waals surface area contributed by atoms with Crippen LogP contribution >= 0.6 is 0 Å². The normalized spacial score (nSPS) is 10.5. The summed E-state index contributed by atoms with van der Waals surface area (Å²) in [5, 5.41) is 16.1. The van der Waals surface area contributed by atoms with Crippen LogP contribution in [0.1, 0.15) is 5.56 Å². The van der Waals surface area contributed by atoms with E-state index in [1.54, 1.807) is 17.1 Å². The zero-order valence-corrected chi connectivity index (χ0v) is 12.4. The van der Waals surface area contributed by atoms with Crippen LogP contribution in [-0.4, -0.2) is 32.4 Å². The van der Waals surface area contributed by atoms with Crippen molar-refractivity contribution in [1.29, 1.82) is 0 Å². The van der Waals surface area contributed by atoms with Gasteiger partial charge < -0.3 is 10.4 Å². The highest BCUT2D eigenvalue weighted by atomic mass is 16.3. The van der Waals surface area contributed by atoms with Gasteiger partial charge >= 0.3 is 0 Å². The van der Waals surface area contributed by atoms with Crippen molar-refractivity contribution >= 4 is 5.91 Å². The van der Waals surface area contributed by atoms with E-state index in [1.807, 2.05) is 48.7 Å². The largest absolute Gasteiger partial charge is 0.387 e. The second kappa shape index (κ2) is 6.85. The third kappa shape index (κ3) is 3.44. The molecule has 23 heavy (non-hydrogen) atoms. The number of pyridine rings is 1. The van der Waals surface area contributed by atoms with Crippen LogP contribution in [0.3, 0.4) is 0 Å². The molecule has 116 valence electrons. The number of aliphatic hydroxyl groups is 1. The number of nitrogens with zero attached hydrogens (tertiary/aromatic N) is 3. The quantitative estimate of drug-likeness (QED) is 0.749. The highest BCUT2D eigenvalue weighted by molar-refractivity contribution is 5.77. The Morgan fingerprint density at radius 2 is 1.87 bits per heavy atom. The lowest BCUT2D eigenvalue weighted by Gasteiger charge is -2.03. The summed E-state index contributed by atoms with van der Waals surface area (Å²) in [6.07, 6.45) is 5.28. The predicted molar refractivity (Wildman–Crippen MR) is 85.7 cm³/mol. The Morgan fingerprint density at radius 3 is 2.57 bits per heavy atom. The lowest BCUT2D eigenvalue weighted by Crippen LogP contribution is -2.25. The number of aliphatic hydroxyl groups excluding tert-OH is 1. The Balaban J connectivity index is 1.98. The van der Waals surface area contributed by atoms with E-state index in [0.29, 0.717) is 6.54 Å². The average molecular weight is 308 g/mol. The Morgan fingerprint density at radius 1 is 1.13 bits per heavy atom. The number of hydrogen-bond acceptors (Lipinski definition) is 4. The molecule has 0 atom stereocenters. The minimum atomic E-state index is -0.530. The molecule has 3 aromatic rings. The third-order valence-electron chi connectivity index (χ3n) is 3.38. The molecule has 0 aliphatic carbocycles. The summed E-state index contributed by atoms with van der Waals surface area (Å²) in [6.45, 7) is -0.235. The van der Waals surface area contributed by atoms with Gasteiger partial charge in [0.2, 0.25) is 5.91 Å². The molecule has 0 aliphatic rings. The van der Waals surface area contributed by atoms with E-state index in [0.717, 1.165) is 22.5 Å². The SMILES string of the molecule is O=C(CO)NCc1cn(-c2ccccc2)nc1-c1ccncc1. The van der Waals surface area contributed by atoms with E-state index in [2.05, 4.69) is 15.4 Å². The van der Waals surface area contributed by atoms with Crippen LogP contribution in [0.4, 0.5) is 0 Å². The van der Waals surface area contributed by atoms with E-state index >= 15 is 0 Å². The molecule has 1 aromatic carbocycles. The van der Waals surface area contributed by atoms with Gasteiger partial charge in [0.25, 0.3) is 0 Å². The van der Waals surface area contributed by atoms with Gasteiger partial charge in [-0.15, -0.1) is 0 Å². The number of rotatable bonds is 5. The predicted octanol–water partition coefficient (Wildman–Crippen LogP) is 1.54. The molecule has 0 unspecified atom stereocenters. The Labute approximate surface area is 133 Å². The number of aromatic nitrogens is 3. The maximum Gasteiger partial charge on any atom is 0.245 e. The molecule has 0 fully saturated rings. The standard InChI is InChI=1S/C17H16N4O2/c22-12-16(23)19-10-14-11-21(15-4-2-1-3-5-15)20-17(14)13-6-8-18-9-7-13/h1-9,11,22H,10,12H2,(H,19,23). The highest BCUT2D eigenvalue weighted by Gasteiger charge is 2.13. The van der Waals surface area contributed by atoms with Crippen LogP contribution in [-0.2, 0) is 11.3 Å². The first-order valence-electron chi connectivity index (χ1n) is 7.20. The van der Waals surface area contributed by atoms with Gasteiger partial charge in [-0.3, -0.25) is 9.78 Å². The second-order valence-corrected chi connectivity index (χ2v) is 4.95. The number of hydrogen-bond donors (Lipinski definition) is 2. The highest BCUT2D eigenvalue weighted by Crippen LogP contribution is 2.23. The van der Waals surface area contributed by atoms with Crippen LogP contribution < -0.4 is 5.32 Å². The van der Waals surface area contributed by atoms with Crippen LogP contribution in [0.2, 0.25) is 0 Å². The summed E-state index contributed by atoms with van der Waals surface area (Å²) >= 11 is 0. The fraction of sp³-hybridized carbons (Fsp3) is 0.118. The number of benzene rings is 1. The molecule has 3 rings (SSSR count). The van der Waals surface area contributed by atoms with Crippen LogP contribution in [0.25, 0.3) is 16.9 Å². The molecule has 2 aromatic heterocycles. The minimum Gasteiger partial charge on any atom is -0.387 e. The van der Waals surface area contributed by atoms with Crippen LogP contribution in [0, 0.1) is 0 Å². The number of carbonyl (C=O) groups excluding carboxylic acids is 1. The fourth-order valence-corrected chi connectivity index (χ4v) is 2.25. The first kappa shape index (κ1) is 14.9. The molecule has 2 N–H and O–H groups in total. The molecule has 0 radical (unpaired) electrons. The van der Waals surface area contributed by atoms with E-state index in [4.69, 9.17) is 5.11 Å². The summed E-state index contributed by atoms with van der Waals surface area (Å²) < 4.78 is 1.77. The van der Waals surface area contributed by atoms with Crippen molar-refractivity contribution in [2.75, 3.05) is 6.61 Å². The van der Waals surface area contributed by atoms with Crippen LogP contribution in [0.5, 0.6) is 0 Å². The lowest BCUT2D eigenvalue weighted by atomic mass is 10.1. The van der Waals surface area contributed by atoms with Gasteiger partial charge in [-0.05, 0) is 24.3 Å². The molecule has 0 aliphatic heterocycles. The number of para-hydroxylation sites is 1. The minimum absolute atomic E-state index is 0.296. The summed E-state index contributed by atoms with van der Waals surface area (Å²) in [7, 11) is 0. The van der Waals surface area contributed by atoms with Gasteiger partial charge in [-0.25, -0.2) is 4.68 Å². The molecular weight excluding hydrogens is 292 g/mol. The summed E-state index contributed by atoms with van der Waals surface area (Å²) in [4.78, 5) is 15.3. The summed E-state index contributed by atoms with van der Waals surface area (Å²) in [5.41, 5.74) is 3.49. The van der Waals surface area contributed by atoms with Crippen molar-refractivity contribution in [2.24, 2.45) is 0 Å². The molecule has 6 heteroatoms. The average Bonchev–Trinajstić information content (AvgIpc) is 3.05. The third-order valence-corrected chi connectivity index (χ3v) is 3.38. The molecular formula is C17H16N4O2. The van der Waals surface area contributed by atoms with E-state index in [1.165, 1.54) is 0 Å².